The van der Waals surface area contributed by atoms with Crippen molar-refractivity contribution in [2.75, 3.05) is 11.9 Å². The molecule has 2 aromatic heterocycles. The lowest BCUT2D eigenvalue weighted by Gasteiger charge is -2.29. The van der Waals surface area contributed by atoms with E-state index in [2.05, 4.69) is 49.5 Å². The molecule has 10 heteroatoms. The topological polar surface area (TPSA) is 120 Å². The van der Waals surface area contributed by atoms with Gasteiger partial charge in [0.1, 0.15) is 11.2 Å². The van der Waals surface area contributed by atoms with Crippen LogP contribution < -0.4 is 10.2 Å². The highest BCUT2D eigenvalue weighted by Crippen LogP contribution is 2.36. The van der Waals surface area contributed by atoms with Gasteiger partial charge in [0.15, 0.2) is 17.3 Å². The summed E-state index contributed by atoms with van der Waals surface area (Å²) < 4.78 is 2.19. The lowest BCUT2D eigenvalue weighted by molar-refractivity contribution is 0.200. The van der Waals surface area contributed by atoms with Crippen molar-refractivity contribution < 1.29 is 9.90 Å². The number of anilines is 1. The van der Waals surface area contributed by atoms with Crippen LogP contribution in [-0.2, 0) is 13.1 Å². The normalized spacial score (nSPS) is 16.9. The summed E-state index contributed by atoms with van der Waals surface area (Å²) in [5.41, 5.74) is 3.55. The summed E-state index contributed by atoms with van der Waals surface area (Å²) in [6.07, 6.45) is 5.08. The van der Waals surface area contributed by atoms with Crippen LogP contribution in [0.4, 0.5) is 10.7 Å². The van der Waals surface area contributed by atoms with E-state index in [1.165, 1.54) is 0 Å². The van der Waals surface area contributed by atoms with Gasteiger partial charge in [0.2, 0.25) is 5.95 Å². The number of hydrogen-bond acceptors (Lipinski definition) is 6. The molecule has 1 fully saturated rings. The Morgan fingerprint density at radius 1 is 1.15 bits per heavy atom. The van der Waals surface area contributed by atoms with Gasteiger partial charge in [-0.05, 0) is 55.2 Å². The van der Waals surface area contributed by atoms with E-state index in [1.807, 2.05) is 37.4 Å². The molecule has 0 spiro atoms. The highest BCUT2D eigenvalue weighted by molar-refractivity contribution is 6.30. The Bertz CT molecular complexity index is 1540. The lowest BCUT2D eigenvalue weighted by atomic mass is 9.82. The maximum absolute atomic E-state index is 11.3. The van der Waals surface area contributed by atoms with Crippen molar-refractivity contribution in [3.05, 3.63) is 83.7 Å². The number of allylic oxidation sites excluding steroid dienone is 1. The third kappa shape index (κ3) is 5.99. The highest BCUT2D eigenvalue weighted by Gasteiger charge is 2.27. The minimum Gasteiger partial charge on any atom is -0.465 e. The number of fused-ring (bicyclic) bond motifs is 1. The molecule has 9 nitrogen and oxygen atoms in total. The SMILES string of the molecule is C=C[C@H]1CC[C@H](Cn2c(N(C)Cc3ccccc3)nc3nc(C(=N)NC(=O)O)nc(-c4cccc(Cl)c4)c32)CC1. The molecular formula is C30H32ClN7O2. The van der Waals surface area contributed by atoms with Crippen molar-refractivity contribution in [1.82, 2.24) is 24.8 Å². The number of imidazole rings is 1. The highest BCUT2D eigenvalue weighted by atomic mass is 35.5. The standard InChI is InChI=1S/C30H32ClN7O2/c1-3-19-12-14-21(15-13-19)18-38-25-24(22-10-7-11-23(31)16-22)33-28(26(32)34-30(39)40)35-27(25)36-29(38)37(2)17-20-8-5-4-6-9-20/h3-11,16,19,21H,1,12-15,17-18H2,2H3,(H2,32,34)(H,39,40)/t19-,21-. The molecule has 4 aromatic rings. The van der Waals surface area contributed by atoms with E-state index in [-0.39, 0.29) is 5.82 Å². The number of nitrogens with zero attached hydrogens (tertiary/aromatic N) is 5. The van der Waals surface area contributed by atoms with Gasteiger partial charge in [-0.3, -0.25) is 10.7 Å². The first-order chi connectivity index (χ1) is 19.3. The quantitative estimate of drug-likeness (QED) is 0.131. The van der Waals surface area contributed by atoms with E-state index < -0.39 is 11.9 Å². The summed E-state index contributed by atoms with van der Waals surface area (Å²) in [5.74, 6) is 1.25. The van der Waals surface area contributed by atoms with Crippen molar-refractivity contribution in [1.29, 1.82) is 5.41 Å². The average molecular weight is 558 g/mol. The Labute approximate surface area is 238 Å². The first kappa shape index (κ1) is 27.3. The van der Waals surface area contributed by atoms with Crippen molar-refractivity contribution in [2.24, 2.45) is 11.8 Å². The number of rotatable bonds is 8. The van der Waals surface area contributed by atoms with Gasteiger partial charge in [0.05, 0.1) is 0 Å². The predicted molar refractivity (Wildman–Crippen MR) is 158 cm³/mol. The van der Waals surface area contributed by atoms with Crippen LogP contribution in [0.2, 0.25) is 5.02 Å². The number of hydrogen-bond donors (Lipinski definition) is 3. The second-order valence-electron chi connectivity index (χ2n) is 10.3. The minimum absolute atomic E-state index is 0.0571. The van der Waals surface area contributed by atoms with Gasteiger partial charge in [-0.15, -0.1) is 6.58 Å². The van der Waals surface area contributed by atoms with Crippen LogP contribution in [0.3, 0.4) is 0 Å². The molecule has 3 N–H and O–H groups in total. The number of carbonyl (C=O) groups is 1. The van der Waals surface area contributed by atoms with Gasteiger partial charge in [0.25, 0.3) is 0 Å². The van der Waals surface area contributed by atoms with Gasteiger partial charge < -0.3 is 14.6 Å². The maximum Gasteiger partial charge on any atom is 0.410 e. The summed E-state index contributed by atoms with van der Waals surface area (Å²) in [6.45, 7) is 5.35. The second-order valence-corrected chi connectivity index (χ2v) is 10.7. The summed E-state index contributed by atoms with van der Waals surface area (Å²) in [5, 5.41) is 20.1. The molecule has 1 aliphatic carbocycles. The van der Waals surface area contributed by atoms with Crippen LogP contribution >= 0.6 is 11.6 Å². The number of aromatic nitrogens is 4. The van der Waals surface area contributed by atoms with Crippen LogP contribution in [0.1, 0.15) is 37.1 Å². The molecule has 1 amide bonds. The Hall–Kier alpha value is -4.24. The number of amides is 1. The molecule has 5 rings (SSSR count). The van der Waals surface area contributed by atoms with Gasteiger partial charge in [-0.25, -0.2) is 14.8 Å². The summed E-state index contributed by atoms with van der Waals surface area (Å²) >= 11 is 6.37. The van der Waals surface area contributed by atoms with E-state index >= 15 is 0 Å². The van der Waals surface area contributed by atoms with Crippen LogP contribution in [0.15, 0.2) is 67.3 Å². The van der Waals surface area contributed by atoms with Gasteiger partial charge in [-0.1, -0.05) is 60.1 Å². The van der Waals surface area contributed by atoms with E-state index in [0.29, 0.717) is 34.7 Å². The fourth-order valence-electron chi connectivity index (χ4n) is 5.39. The molecule has 40 heavy (non-hydrogen) atoms. The van der Waals surface area contributed by atoms with Crippen LogP contribution in [0, 0.1) is 17.2 Å². The third-order valence-corrected chi connectivity index (χ3v) is 7.64. The number of benzene rings is 2. The molecule has 0 aliphatic heterocycles. The van der Waals surface area contributed by atoms with Gasteiger partial charge in [0, 0.05) is 30.7 Å². The zero-order valence-electron chi connectivity index (χ0n) is 22.3. The van der Waals surface area contributed by atoms with Crippen LogP contribution in [0.25, 0.3) is 22.4 Å². The second kappa shape index (κ2) is 11.9. The zero-order valence-corrected chi connectivity index (χ0v) is 23.1. The molecule has 1 aliphatic rings. The molecular weight excluding hydrogens is 526 g/mol. The molecule has 1 saturated carbocycles. The van der Waals surface area contributed by atoms with Crippen molar-refractivity contribution in [3.8, 4) is 11.3 Å². The van der Waals surface area contributed by atoms with E-state index in [9.17, 15) is 9.90 Å². The van der Waals surface area contributed by atoms with Crippen molar-refractivity contribution >= 4 is 40.6 Å². The molecule has 0 unspecified atom stereocenters. The largest absolute Gasteiger partial charge is 0.465 e. The van der Waals surface area contributed by atoms with E-state index in [0.717, 1.165) is 54.8 Å². The fourth-order valence-corrected chi connectivity index (χ4v) is 5.58. The Morgan fingerprint density at radius 3 is 2.58 bits per heavy atom. The smallest absolute Gasteiger partial charge is 0.410 e. The number of nitrogens with one attached hydrogen (secondary N) is 2. The molecule has 0 radical (unpaired) electrons. The van der Waals surface area contributed by atoms with Crippen LogP contribution in [0.5, 0.6) is 0 Å². The Balaban J connectivity index is 1.67. The third-order valence-electron chi connectivity index (χ3n) is 7.41. The molecule has 0 bridgehead atoms. The summed E-state index contributed by atoms with van der Waals surface area (Å²) in [6, 6.07) is 17.5. The first-order valence-corrected chi connectivity index (χ1v) is 13.7. The summed E-state index contributed by atoms with van der Waals surface area (Å²) in [7, 11) is 2.00. The summed E-state index contributed by atoms with van der Waals surface area (Å²) in [4.78, 5) is 27.6. The monoisotopic (exact) mass is 557 g/mol. The molecule has 2 aromatic carbocycles. The number of halogens is 1. The van der Waals surface area contributed by atoms with E-state index in [4.69, 9.17) is 22.0 Å². The van der Waals surface area contributed by atoms with Crippen molar-refractivity contribution in [3.63, 3.8) is 0 Å². The molecule has 0 atom stereocenters. The van der Waals surface area contributed by atoms with Gasteiger partial charge in [-0.2, -0.15) is 4.98 Å². The minimum atomic E-state index is -1.36. The van der Waals surface area contributed by atoms with Gasteiger partial charge >= 0.3 is 6.09 Å². The molecule has 2 heterocycles. The lowest BCUT2D eigenvalue weighted by Crippen LogP contribution is -2.30. The van der Waals surface area contributed by atoms with E-state index in [1.54, 1.807) is 12.1 Å². The molecule has 0 saturated heterocycles. The predicted octanol–water partition coefficient (Wildman–Crippen LogP) is 6.37. The fraction of sp³-hybridized carbons (Fsp3) is 0.300. The first-order valence-electron chi connectivity index (χ1n) is 13.3. The van der Waals surface area contributed by atoms with Crippen LogP contribution in [-0.4, -0.2) is 43.6 Å². The Kier molecular flexibility index (Phi) is 8.11. The zero-order chi connectivity index (χ0) is 28.2. The van der Waals surface area contributed by atoms with Crippen molar-refractivity contribution in [2.45, 2.75) is 38.8 Å². The maximum atomic E-state index is 11.3. The number of amidine groups is 1. The average Bonchev–Trinajstić information content (AvgIpc) is 3.31. The number of carboxylic acid groups (broad SMARTS) is 1. The Morgan fingerprint density at radius 2 is 1.90 bits per heavy atom. The molecule has 206 valence electrons.